The van der Waals surface area contributed by atoms with E-state index in [4.69, 9.17) is 0 Å². The summed E-state index contributed by atoms with van der Waals surface area (Å²) < 4.78 is 1.16. The van der Waals surface area contributed by atoms with Crippen LogP contribution in [0.4, 0.5) is 0 Å². The fourth-order valence-electron chi connectivity index (χ4n) is 2.89. The zero-order valence-corrected chi connectivity index (χ0v) is 14.6. The van der Waals surface area contributed by atoms with E-state index >= 15 is 0 Å². The van der Waals surface area contributed by atoms with Gasteiger partial charge in [-0.05, 0) is 25.3 Å². The SMILES string of the molecule is CCc1cc2c(=O)n(NC(=O)C3CCN(C(C)=O)CC3)cnc2s1. The van der Waals surface area contributed by atoms with Gasteiger partial charge in [-0.3, -0.25) is 19.8 Å². The molecule has 1 saturated heterocycles. The third-order valence-electron chi connectivity index (χ3n) is 4.39. The number of carbonyl (C=O) groups excluding carboxylic acids is 2. The number of hydrogen-bond acceptors (Lipinski definition) is 5. The van der Waals surface area contributed by atoms with Crippen LogP contribution in [0.15, 0.2) is 17.2 Å². The molecule has 2 amide bonds. The minimum absolute atomic E-state index is 0.0314. The van der Waals surface area contributed by atoms with E-state index in [1.807, 2.05) is 13.0 Å². The van der Waals surface area contributed by atoms with E-state index in [9.17, 15) is 14.4 Å². The van der Waals surface area contributed by atoms with Crippen molar-refractivity contribution >= 4 is 33.4 Å². The van der Waals surface area contributed by atoms with Crippen LogP contribution in [-0.2, 0) is 16.0 Å². The molecule has 0 atom stereocenters. The first-order valence-corrected chi connectivity index (χ1v) is 8.87. The monoisotopic (exact) mass is 348 g/mol. The lowest BCUT2D eigenvalue weighted by atomic mass is 9.96. The molecular weight excluding hydrogens is 328 g/mol. The summed E-state index contributed by atoms with van der Waals surface area (Å²) in [5.74, 6) is -0.367. The average molecular weight is 348 g/mol. The summed E-state index contributed by atoms with van der Waals surface area (Å²) in [6.07, 6.45) is 3.42. The van der Waals surface area contributed by atoms with E-state index in [2.05, 4.69) is 10.4 Å². The third-order valence-corrected chi connectivity index (χ3v) is 5.58. The molecule has 24 heavy (non-hydrogen) atoms. The topological polar surface area (TPSA) is 84.3 Å². The molecule has 0 unspecified atom stereocenters. The predicted octanol–water partition coefficient (Wildman–Crippen LogP) is 1.35. The van der Waals surface area contributed by atoms with Crippen LogP contribution in [0.3, 0.4) is 0 Å². The van der Waals surface area contributed by atoms with Crippen LogP contribution in [0.1, 0.15) is 31.6 Å². The van der Waals surface area contributed by atoms with Gasteiger partial charge in [-0.1, -0.05) is 6.92 Å². The molecule has 7 nitrogen and oxygen atoms in total. The summed E-state index contributed by atoms with van der Waals surface area (Å²) in [5, 5.41) is 0.533. The first-order valence-electron chi connectivity index (χ1n) is 8.06. The lowest BCUT2D eigenvalue weighted by molar-refractivity contribution is -0.132. The molecule has 1 aliphatic heterocycles. The number of amides is 2. The molecule has 1 fully saturated rings. The Hall–Kier alpha value is -2.22. The van der Waals surface area contributed by atoms with Gasteiger partial charge in [-0.25, -0.2) is 9.66 Å². The van der Waals surface area contributed by atoms with E-state index < -0.39 is 0 Å². The molecule has 0 aliphatic carbocycles. The summed E-state index contributed by atoms with van der Waals surface area (Å²) in [4.78, 5) is 44.0. The normalized spacial score (nSPS) is 15.7. The zero-order valence-electron chi connectivity index (χ0n) is 13.7. The molecule has 8 heteroatoms. The fraction of sp³-hybridized carbons (Fsp3) is 0.500. The summed E-state index contributed by atoms with van der Waals surface area (Å²) >= 11 is 1.50. The standard InChI is InChI=1S/C16H20N4O3S/c1-3-12-8-13-15(24-12)17-9-20(16(13)23)18-14(22)11-4-6-19(7-5-11)10(2)21/h8-9,11H,3-7H2,1-2H3,(H,18,22). The van der Waals surface area contributed by atoms with Gasteiger partial charge >= 0.3 is 0 Å². The van der Waals surface area contributed by atoms with Crippen LogP contribution in [-0.4, -0.2) is 39.5 Å². The Labute approximate surface area is 143 Å². The van der Waals surface area contributed by atoms with E-state index in [0.29, 0.717) is 36.1 Å². The van der Waals surface area contributed by atoms with Gasteiger partial charge in [0.15, 0.2) is 0 Å². The molecule has 0 aromatic carbocycles. The first kappa shape index (κ1) is 16.6. The number of aromatic nitrogens is 2. The number of rotatable bonds is 3. The smallest absolute Gasteiger partial charge is 0.280 e. The van der Waals surface area contributed by atoms with Gasteiger partial charge in [0, 0.05) is 30.8 Å². The quantitative estimate of drug-likeness (QED) is 0.907. The van der Waals surface area contributed by atoms with Crippen molar-refractivity contribution in [2.24, 2.45) is 5.92 Å². The van der Waals surface area contributed by atoms with Crippen molar-refractivity contribution in [3.05, 3.63) is 27.6 Å². The maximum absolute atomic E-state index is 12.5. The second-order valence-electron chi connectivity index (χ2n) is 5.96. The number of thiophene rings is 1. The Balaban J connectivity index is 1.73. The van der Waals surface area contributed by atoms with Crippen molar-refractivity contribution in [3.8, 4) is 0 Å². The second kappa shape index (κ2) is 6.72. The van der Waals surface area contributed by atoms with Crippen LogP contribution in [0.2, 0.25) is 0 Å². The molecule has 128 valence electrons. The van der Waals surface area contributed by atoms with Crippen LogP contribution in [0, 0.1) is 5.92 Å². The van der Waals surface area contributed by atoms with E-state index in [0.717, 1.165) is 16.0 Å². The molecule has 3 rings (SSSR count). The minimum Gasteiger partial charge on any atom is -0.343 e. The van der Waals surface area contributed by atoms with Crippen molar-refractivity contribution in [2.75, 3.05) is 18.5 Å². The molecule has 3 heterocycles. The Kier molecular flexibility index (Phi) is 4.66. The predicted molar refractivity (Wildman–Crippen MR) is 92.6 cm³/mol. The van der Waals surface area contributed by atoms with E-state index in [-0.39, 0.29) is 23.3 Å². The van der Waals surface area contributed by atoms with Crippen LogP contribution in [0.25, 0.3) is 10.2 Å². The van der Waals surface area contributed by atoms with Crippen LogP contribution >= 0.6 is 11.3 Å². The Morgan fingerprint density at radius 1 is 1.38 bits per heavy atom. The molecular formula is C16H20N4O3S. The number of hydrogen-bond donors (Lipinski definition) is 1. The van der Waals surface area contributed by atoms with E-state index in [1.54, 1.807) is 4.90 Å². The number of fused-ring (bicyclic) bond motifs is 1. The highest BCUT2D eigenvalue weighted by atomic mass is 32.1. The van der Waals surface area contributed by atoms with Crippen LogP contribution in [0.5, 0.6) is 0 Å². The number of aryl methyl sites for hydroxylation is 1. The minimum atomic E-state index is -0.259. The highest BCUT2D eigenvalue weighted by Crippen LogP contribution is 2.21. The average Bonchev–Trinajstić information content (AvgIpc) is 3.01. The van der Waals surface area contributed by atoms with Gasteiger partial charge < -0.3 is 4.90 Å². The van der Waals surface area contributed by atoms with Crippen molar-refractivity contribution in [2.45, 2.75) is 33.1 Å². The lowest BCUT2D eigenvalue weighted by Crippen LogP contribution is -2.43. The van der Waals surface area contributed by atoms with Gasteiger partial charge in [0.1, 0.15) is 11.2 Å². The van der Waals surface area contributed by atoms with Crippen molar-refractivity contribution in [3.63, 3.8) is 0 Å². The Morgan fingerprint density at radius 2 is 2.08 bits per heavy atom. The molecule has 2 aromatic rings. The summed E-state index contributed by atoms with van der Waals surface area (Å²) in [6, 6.07) is 1.84. The summed E-state index contributed by atoms with van der Waals surface area (Å²) in [5.41, 5.74) is 2.39. The van der Waals surface area contributed by atoms with Crippen molar-refractivity contribution < 1.29 is 9.59 Å². The van der Waals surface area contributed by atoms with Crippen LogP contribution < -0.4 is 11.0 Å². The van der Waals surface area contributed by atoms with Crippen molar-refractivity contribution in [1.29, 1.82) is 0 Å². The summed E-state index contributed by atoms with van der Waals surface area (Å²) in [7, 11) is 0. The molecule has 0 spiro atoms. The molecule has 0 radical (unpaired) electrons. The summed E-state index contributed by atoms with van der Waals surface area (Å²) in [6.45, 7) is 4.71. The van der Waals surface area contributed by atoms with Gasteiger partial charge in [0.25, 0.3) is 5.56 Å². The van der Waals surface area contributed by atoms with Gasteiger partial charge in [0.2, 0.25) is 11.8 Å². The Bertz CT molecular complexity index is 833. The molecule has 1 N–H and O–H groups in total. The number of likely N-dealkylation sites (tertiary alicyclic amines) is 1. The second-order valence-corrected chi connectivity index (χ2v) is 7.08. The number of nitrogens with zero attached hydrogens (tertiary/aromatic N) is 3. The molecule has 1 aliphatic rings. The van der Waals surface area contributed by atoms with E-state index in [1.165, 1.54) is 24.6 Å². The fourth-order valence-corrected chi connectivity index (χ4v) is 3.82. The van der Waals surface area contributed by atoms with Gasteiger partial charge in [-0.2, -0.15) is 0 Å². The van der Waals surface area contributed by atoms with Crippen molar-refractivity contribution in [1.82, 2.24) is 14.6 Å². The molecule has 0 bridgehead atoms. The number of nitrogens with one attached hydrogen (secondary N) is 1. The highest BCUT2D eigenvalue weighted by molar-refractivity contribution is 7.18. The first-order chi connectivity index (χ1) is 11.5. The maximum Gasteiger partial charge on any atom is 0.280 e. The van der Waals surface area contributed by atoms with Gasteiger partial charge in [0.05, 0.1) is 5.39 Å². The highest BCUT2D eigenvalue weighted by Gasteiger charge is 2.26. The Morgan fingerprint density at radius 3 is 2.71 bits per heavy atom. The zero-order chi connectivity index (χ0) is 17.3. The van der Waals surface area contributed by atoms with Gasteiger partial charge in [-0.15, -0.1) is 11.3 Å². The molecule has 0 saturated carbocycles. The number of piperidine rings is 1. The lowest BCUT2D eigenvalue weighted by Gasteiger charge is -2.30. The number of carbonyl (C=O) groups is 2. The third kappa shape index (κ3) is 3.19. The largest absolute Gasteiger partial charge is 0.343 e. The molecule has 2 aromatic heterocycles. The maximum atomic E-state index is 12.5.